The molecule has 7 nitrogen and oxygen atoms in total. The molecule has 28 heavy (non-hydrogen) atoms. The van der Waals surface area contributed by atoms with Gasteiger partial charge in [-0.05, 0) is 18.6 Å². The number of hydrogen-bond acceptors (Lipinski definition) is 5. The molecule has 2 heterocycles. The summed E-state index contributed by atoms with van der Waals surface area (Å²) >= 11 is 1.34. The van der Waals surface area contributed by atoms with E-state index in [2.05, 4.69) is 20.6 Å². The number of carbonyl (C=O) groups is 2. The van der Waals surface area contributed by atoms with Gasteiger partial charge in [-0.1, -0.05) is 25.1 Å². The monoisotopic (exact) mass is 408 g/mol. The van der Waals surface area contributed by atoms with Gasteiger partial charge in [0, 0.05) is 18.2 Å². The van der Waals surface area contributed by atoms with Crippen LogP contribution in [0.25, 0.3) is 0 Å². The number of anilines is 2. The number of hydrogen-bond donors (Lipinski definition) is 3. The molecule has 2 aromatic rings. The van der Waals surface area contributed by atoms with Gasteiger partial charge in [0.25, 0.3) is 5.56 Å². The van der Waals surface area contributed by atoms with Crippen LogP contribution in [-0.4, -0.2) is 27.5 Å². The van der Waals surface area contributed by atoms with E-state index in [4.69, 9.17) is 0 Å². The van der Waals surface area contributed by atoms with Gasteiger partial charge in [0.2, 0.25) is 11.8 Å². The third-order valence-electron chi connectivity index (χ3n) is 4.17. The highest BCUT2D eigenvalue weighted by atomic mass is 32.2. The molecule has 0 aliphatic carbocycles. The van der Waals surface area contributed by atoms with Crippen molar-refractivity contribution in [2.24, 2.45) is 0 Å². The number of benzene rings is 1. The van der Waals surface area contributed by atoms with E-state index >= 15 is 0 Å². The Morgan fingerprint density at radius 2 is 2.14 bits per heavy atom. The second kappa shape index (κ2) is 8.51. The Kier molecular flexibility index (Phi) is 6.08. The van der Waals surface area contributed by atoms with Crippen LogP contribution in [0.15, 0.2) is 28.2 Å². The fourth-order valence-electron chi connectivity index (χ4n) is 2.77. The molecule has 1 atom stereocenters. The Hall–Kier alpha value is -2.75. The molecule has 0 saturated heterocycles. The minimum atomic E-state index is -1.17. The number of halogens is 2. The highest BCUT2D eigenvalue weighted by Gasteiger charge is 2.35. The number of H-pyrrole nitrogens is 1. The number of nitrogens with one attached hydrogen (secondary N) is 3. The number of aromatic nitrogens is 2. The summed E-state index contributed by atoms with van der Waals surface area (Å²) in [4.78, 5) is 44.0. The second-order valence-electron chi connectivity index (χ2n) is 6.25. The summed E-state index contributed by atoms with van der Waals surface area (Å²) < 4.78 is 27.1. The van der Waals surface area contributed by atoms with Crippen LogP contribution in [-0.2, 0) is 9.59 Å². The molecule has 3 N–H and O–H groups in total. The molecule has 0 spiro atoms. The number of aromatic amines is 1. The average molecular weight is 408 g/mol. The van der Waals surface area contributed by atoms with Crippen molar-refractivity contribution in [3.8, 4) is 0 Å². The van der Waals surface area contributed by atoms with Gasteiger partial charge in [-0.15, -0.1) is 0 Å². The van der Waals surface area contributed by atoms with Gasteiger partial charge in [0.1, 0.15) is 17.5 Å². The summed E-state index contributed by atoms with van der Waals surface area (Å²) in [6.07, 6.45) is 1.61. The molecule has 0 saturated carbocycles. The largest absolute Gasteiger partial charge is 0.323 e. The number of carbonyl (C=O) groups excluding carboxylic acids is 2. The van der Waals surface area contributed by atoms with Crippen LogP contribution in [0.2, 0.25) is 0 Å². The average Bonchev–Trinajstić information content (AvgIpc) is 2.64. The number of unbranched alkanes of at least 4 members (excludes halogenated alkanes) is 1. The molecular weight excluding hydrogens is 390 g/mol. The lowest BCUT2D eigenvalue weighted by Crippen LogP contribution is -2.36. The van der Waals surface area contributed by atoms with Crippen LogP contribution in [0.4, 0.5) is 20.3 Å². The Bertz CT molecular complexity index is 980. The van der Waals surface area contributed by atoms with E-state index in [0.717, 1.165) is 36.8 Å². The fraction of sp³-hybridized carbons (Fsp3) is 0.333. The second-order valence-corrected chi connectivity index (χ2v) is 7.34. The van der Waals surface area contributed by atoms with Gasteiger partial charge in [0.05, 0.1) is 17.2 Å². The van der Waals surface area contributed by atoms with E-state index in [1.807, 2.05) is 6.92 Å². The van der Waals surface area contributed by atoms with Gasteiger partial charge in [-0.2, -0.15) is 0 Å². The molecule has 1 aromatic heterocycles. The molecule has 1 aromatic carbocycles. The highest BCUT2D eigenvalue weighted by molar-refractivity contribution is 7.99. The van der Waals surface area contributed by atoms with Crippen molar-refractivity contribution in [1.82, 2.24) is 9.97 Å². The zero-order valence-corrected chi connectivity index (χ0v) is 15.8. The van der Waals surface area contributed by atoms with E-state index in [1.54, 1.807) is 0 Å². The lowest BCUT2D eigenvalue weighted by Gasteiger charge is -2.23. The molecule has 0 fully saturated rings. The number of thioether (sulfide) groups is 1. The Balaban J connectivity index is 1.89. The quantitative estimate of drug-likeness (QED) is 0.387. The Morgan fingerprint density at radius 3 is 2.89 bits per heavy atom. The van der Waals surface area contributed by atoms with Gasteiger partial charge >= 0.3 is 0 Å². The maximum Gasteiger partial charge on any atom is 0.257 e. The zero-order valence-electron chi connectivity index (χ0n) is 15.0. The maximum absolute atomic E-state index is 13.8. The van der Waals surface area contributed by atoms with Crippen LogP contribution in [0, 0.1) is 11.6 Å². The van der Waals surface area contributed by atoms with E-state index in [9.17, 15) is 23.2 Å². The van der Waals surface area contributed by atoms with Crippen LogP contribution in [0.1, 0.15) is 37.7 Å². The van der Waals surface area contributed by atoms with Crippen LogP contribution in [0.3, 0.4) is 0 Å². The van der Waals surface area contributed by atoms with Crippen molar-refractivity contribution in [2.45, 2.75) is 37.3 Å². The maximum atomic E-state index is 13.8. The minimum absolute atomic E-state index is 0.00578. The summed E-state index contributed by atoms with van der Waals surface area (Å²) in [5.41, 5.74) is -0.925. The van der Waals surface area contributed by atoms with Crippen molar-refractivity contribution in [1.29, 1.82) is 0 Å². The topological polar surface area (TPSA) is 104 Å². The molecule has 1 unspecified atom stereocenters. The summed E-state index contributed by atoms with van der Waals surface area (Å²) in [5, 5.41) is 5.09. The third-order valence-corrected chi connectivity index (χ3v) is 5.13. The van der Waals surface area contributed by atoms with E-state index in [1.165, 1.54) is 11.8 Å². The van der Waals surface area contributed by atoms with Gasteiger partial charge in [0.15, 0.2) is 5.16 Å². The molecule has 1 aliphatic rings. The lowest BCUT2D eigenvalue weighted by atomic mass is 9.92. The van der Waals surface area contributed by atoms with Crippen molar-refractivity contribution < 1.29 is 18.4 Å². The van der Waals surface area contributed by atoms with Gasteiger partial charge in [-0.3, -0.25) is 14.4 Å². The molecular formula is C18H18F2N4O3S. The van der Waals surface area contributed by atoms with Crippen molar-refractivity contribution in [3.05, 3.63) is 45.8 Å². The lowest BCUT2D eigenvalue weighted by molar-refractivity contribution is -0.123. The summed E-state index contributed by atoms with van der Waals surface area (Å²) in [5.74, 6) is -3.25. The normalized spacial score (nSPS) is 15.7. The molecule has 148 valence electrons. The standard InChI is InChI=1S/C18H18F2N4O3S/c1-2-3-6-28-18-23-15-14(17(27)24-18)10(8-13(25)22-15)16(26)21-12-7-9(19)4-5-11(12)20/h4-5,7,10H,2-3,6,8H2,1H3,(H,21,26)(H2,22,23,24,25,27). The first-order valence-electron chi connectivity index (χ1n) is 8.71. The number of amides is 2. The van der Waals surface area contributed by atoms with Crippen LogP contribution < -0.4 is 16.2 Å². The molecule has 10 heteroatoms. The molecule has 3 rings (SSSR count). The smallest absolute Gasteiger partial charge is 0.257 e. The molecule has 0 radical (unpaired) electrons. The minimum Gasteiger partial charge on any atom is -0.323 e. The zero-order chi connectivity index (χ0) is 20.3. The summed E-state index contributed by atoms with van der Waals surface area (Å²) in [6.45, 7) is 2.04. The first-order valence-corrected chi connectivity index (χ1v) is 9.70. The third kappa shape index (κ3) is 4.38. The Labute approximate surface area is 163 Å². The van der Waals surface area contributed by atoms with Crippen LogP contribution in [0.5, 0.6) is 0 Å². The number of nitrogens with zero attached hydrogens (tertiary/aromatic N) is 1. The van der Waals surface area contributed by atoms with Crippen molar-refractivity contribution in [2.75, 3.05) is 16.4 Å². The molecule has 0 bridgehead atoms. The number of rotatable bonds is 6. The number of fused-ring (bicyclic) bond motifs is 1. The Morgan fingerprint density at radius 1 is 1.36 bits per heavy atom. The van der Waals surface area contributed by atoms with Crippen molar-refractivity contribution in [3.63, 3.8) is 0 Å². The summed E-state index contributed by atoms with van der Waals surface area (Å²) in [6, 6.07) is 2.62. The fourth-order valence-corrected chi connectivity index (χ4v) is 3.72. The summed E-state index contributed by atoms with van der Waals surface area (Å²) in [7, 11) is 0. The SMILES string of the molecule is CCCCSc1nc2c(c(=O)[nH]1)C(C(=O)Nc1cc(F)ccc1F)CC(=O)N2. The first kappa shape index (κ1) is 20.0. The highest BCUT2D eigenvalue weighted by Crippen LogP contribution is 2.31. The van der Waals surface area contributed by atoms with Gasteiger partial charge in [-0.25, -0.2) is 13.8 Å². The van der Waals surface area contributed by atoms with E-state index in [-0.39, 0.29) is 23.5 Å². The molecule has 1 aliphatic heterocycles. The van der Waals surface area contributed by atoms with E-state index < -0.39 is 34.9 Å². The molecule has 2 amide bonds. The van der Waals surface area contributed by atoms with Crippen molar-refractivity contribution >= 4 is 35.1 Å². The predicted molar refractivity (Wildman–Crippen MR) is 101 cm³/mol. The van der Waals surface area contributed by atoms with E-state index in [0.29, 0.717) is 5.16 Å². The van der Waals surface area contributed by atoms with Gasteiger partial charge < -0.3 is 15.6 Å². The predicted octanol–water partition coefficient (Wildman–Crippen LogP) is 3.00. The van der Waals surface area contributed by atoms with Crippen LogP contribution >= 0.6 is 11.8 Å². The first-order chi connectivity index (χ1) is 13.4.